The van der Waals surface area contributed by atoms with Gasteiger partial charge in [-0.1, -0.05) is 0 Å². The Balaban J connectivity index is 3.04. The molecule has 0 atom stereocenters. The van der Waals surface area contributed by atoms with E-state index in [-0.39, 0.29) is 10.6 Å². The number of aromatic hydroxyl groups is 1. The minimum absolute atomic E-state index is 0.167. The summed E-state index contributed by atoms with van der Waals surface area (Å²) in [6.07, 6.45) is 1.10. The van der Waals surface area contributed by atoms with Gasteiger partial charge in [-0.05, 0) is 6.72 Å². The molecule has 13 heavy (non-hydrogen) atoms. The van der Waals surface area contributed by atoms with E-state index >= 15 is 0 Å². The fourth-order valence-electron chi connectivity index (χ4n) is 1.13. The van der Waals surface area contributed by atoms with Gasteiger partial charge in [-0.2, -0.15) is 0 Å². The van der Waals surface area contributed by atoms with E-state index < -0.39 is 21.3 Å². The molecule has 1 N–H and O–H groups in total. The van der Waals surface area contributed by atoms with Crippen molar-refractivity contribution in [2.24, 2.45) is 4.99 Å². The molecule has 68 valence electrons. The molecule has 2 aliphatic heterocycles. The highest BCUT2D eigenvalue weighted by molar-refractivity contribution is 7.91. The molecule has 3 heterocycles. The zero-order valence-corrected chi connectivity index (χ0v) is 7.08. The Labute approximate surface area is 72.8 Å². The Bertz CT molecular complexity index is 569. The van der Waals surface area contributed by atoms with Gasteiger partial charge in [0.2, 0.25) is 5.75 Å². The van der Waals surface area contributed by atoms with E-state index in [1.807, 2.05) is 0 Å². The number of aliphatic imine (C=N–C) groups is 1. The standard InChI is InChI=1S/C6H4N2O4S/c1-7-4-3-2-8(13(3,11)12)6(10)5(4)9/h2,9H,1H2. The molecule has 0 unspecified atom stereocenters. The first kappa shape index (κ1) is 7.99. The molecule has 0 spiro atoms. The summed E-state index contributed by atoms with van der Waals surface area (Å²) < 4.78 is 22.8. The van der Waals surface area contributed by atoms with Gasteiger partial charge in [0, 0.05) is 6.20 Å². The summed E-state index contributed by atoms with van der Waals surface area (Å²) in [7, 11) is -3.71. The molecule has 7 heteroatoms. The van der Waals surface area contributed by atoms with Gasteiger partial charge in [-0.3, -0.25) is 9.79 Å². The number of hydrogen-bond donors (Lipinski definition) is 1. The fourth-order valence-corrected chi connectivity index (χ4v) is 2.37. The first-order valence-electron chi connectivity index (χ1n) is 3.21. The first-order valence-corrected chi connectivity index (χ1v) is 4.65. The molecule has 0 radical (unpaired) electrons. The molecule has 2 aliphatic rings. The van der Waals surface area contributed by atoms with Crippen LogP contribution in [-0.2, 0) is 10.0 Å². The molecule has 0 saturated carbocycles. The molecule has 3 rings (SSSR count). The predicted octanol–water partition coefficient (Wildman–Crippen LogP) is -0.564. The molecule has 1 aromatic rings. The van der Waals surface area contributed by atoms with Crippen LogP contribution in [0.25, 0.3) is 0 Å². The van der Waals surface area contributed by atoms with Crippen LogP contribution in [0, 0.1) is 0 Å². The monoisotopic (exact) mass is 200 g/mol. The average molecular weight is 200 g/mol. The molecule has 0 saturated heterocycles. The Hall–Kier alpha value is -1.63. The predicted molar refractivity (Wildman–Crippen MR) is 44.2 cm³/mol. The highest BCUT2D eigenvalue weighted by Crippen LogP contribution is 2.37. The lowest BCUT2D eigenvalue weighted by Gasteiger charge is -2.19. The summed E-state index contributed by atoms with van der Waals surface area (Å²) >= 11 is 0. The zero-order chi connectivity index (χ0) is 9.80. The molecule has 0 amide bonds. The number of aromatic nitrogens is 1. The van der Waals surface area contributed by atoms with E-state index in [0.717, 1.165) is 6.20 Å². The van der Waals surface area contributed by atoms with Crippen LogP contribution in [0.5, 0.6) is 5.75 Å². The largest absolute Gasteiger partial charge is 0.501 e. The Morgan fingerprint density at radius 1 is 1.54 bits per heavy atom. The first-order chi connectivity index (χ1) is 6.00. The summed E-state index contributed by atoms with van der Waals surface area (Å²) in [4.78, 5) is 14.2. The van der Waals surface area contributed by atoms with Gasteiger partial charge in [0.15, 0.2) is 0 Å². The van der Waals surface area contributed by atoms with Gasteiger partial charge < -0.3 is 5.11 Å². The van der Waals surface area contributed by atoms with Crippen LogP contribution >= 0.6 is 0 Å². The number of pyridine rings is 1. The second kappa shape index (κ2) is 1.99. The van der Waals surface area contributed by atoms with Gasteiger partial charge in [0.25, 0.3) is 10.0 Å². The van der Waals surface area contributed by atoms with E-state index in [2.05, 4.69) is 11.7 Å². The zero-order valence-electron chi connectivity index (χ0n) is 6.26. The lowest BCUT2D eigenvalue weighted by molar-refractivity contribution is 0.459. The minimum atomic E-state index is -3.71. The van der Waals surface area contributed by atoms with Crippen molar-refractivity contribution < 1.29 is 13.5 Å². The molecule has 2 bridgehead atoms. The fraction of sp³-hybridized carbons (Fsp3) is 0. The Kier molecular flexibility index (Phi) is 1.23. The van der Waals surface area contributed by atoms with Crippen molar-refractivity contribution >= 4 is 22.4 Å². The number of rotatable bonds is 1. The molecule has 0 aromatic carbocycles. The highest BCUT2D eigenvalue weighted by atomic mass is 32.2. The summed E-state index contributed by atoms with van der Waals surface area (Å²) in [5, 5.41) is 9.12. The van der Waals surface area contributed by atoms with Crippen molar-refractivity contribution in [1.29, 1.82) is 0 Å². The normalized spacial score (nSPS) is 16.3. The van der Waals surface area contributed by atoms with Crippen LogP contribution in [0.1, 0.15) is 0 Å². The summed E-state index contributed by atoms with van der Waals surface area (Å²) in [6.45, 7) is 3.07. The van der Waals surface area contributed by atoms with Crippen molar-refractivity contribution in [3.8, 4) is 5.75 Å². The number of fused-ring (bicyclic) bond motifs is 2. The Morgan fingerprint density at radius 3 is 2.62 bits per heavy atom. The van der Waals surface area contributed by atoms with Gasteiger partial charge in [-0.25, -0.2) is 12.4 Å². The summed E-state index contributed by atoms with van der Waals surface area (Å²) in [5.41, 5.74) is -1.26. The van der Waals surface area contributed by atoms with Gasteiger partial charge >= 0.3 is 5.56 Å². The third-order valence-electron chi connectivity index (χ3n) is 1.79. The average Bonchev–Trinajstić information content (AvgIpc) is 2.08. The third-order valence-corrected chi connectivity index (χ3v) is 3.43. The van der Waals surface area contributed by atoms with E-state index in [1.165, 1.54) is 0 Å². The van der Waals surface area contributed by atoms with Crippen LogP contribution in [0.4, 0.5) is 5.69 Å². The lowest BCUT2D eigenvalue weighted by atomic mass is 10.4. The second-order valence-electron chi connectivity index (χ2n) is 2.45. The van der Waals surface area contributed by atoms with E-state index in [1.54, 1.807) is 0 Å². The highest BCUT2D eigenvalue weighted by Gasteiger charge is 2.36. The van der Waals surface area contributed by atoms with Crippen molar-refractivity contribution in [2.75, 3.05) is 0 Å². The summed E-state index contributed by atoms with van der Waals surface area (Å²) in [5.74, 6) is -0.678. The van der Waals surface area contributed by atoms with Crippen molar-refractivity contribution in [2.45, 2.75) is 4.90 Å². The van der Waals surface area contributed by atoms with Crippen LogP contribution in [0.2, 0.25) is 0 Å². The molecule has 6 nitrogen and oxygen atoms in total. The van der Waals surface area contributed by atoms with Gasteiger partial charge in [0.05, 0.1) is 0 Å². The van der Waals surface area contributed by atoms with E-state index in [9.17, 15) is 13.2 Å². The molecular weight excluding hydrogens is 196 g/mol. The third kappa shape index (κ3) is 0.693. The number of nitrogens with zero attached hydrogens (tertiary/aromatic N) is 2. The molecule has 0 aliphatic carbocycles. The minimum Gasteiger partial charge on any atom is -0.501 e. The molecule has 0 fully saturated rings. The topological polar surface area (TPSA) is 88.7 Å². The lowest BCUT2D eigenvalue weighted by Crippen LogP contribution is -2.35. The summed E-state index contributed by atoms with van der Waals surface area (Å²) in [6, 6.07) is 0. The van der Waals surface area contributed by atoms with Gasteiger partial charge in [-0.15, -0.1) is 0 Å². The maximum Gasteiger partial charge on any atom is 0.308 e. The van der Waals surface area contributed by atoms with Crippen LogP contribution < -0.4 is 5.56 Å². The SMILES string of the molecule is C=Nc1c2cn(c(=O)c1O)S2(=O)=O. The van der Waals surface area contributed by atoms with E-state index in [0.29, 0.717) is 3.97 Å². The maximum absolute atomic E-state index is 11.2. The number of hydrogen-bond acceptors (Lipinski definition) is 5. The van der Waals surface area contributed by atoms with E-state index in [4.69, 9.17) is 5.11 Å². The van der Waals surface area contributed by atoms with Crippen LogP contribution in [-0.4, -0.2) is 24.2 Å². The maximum atomic E-state index is 11.2. The van der Waals surface area contributed by atoms with Crippen LogP contribution in [0.3, 0.4) is 0 Å². The van der Waals surface area contributed by atoms with Crippen LogP contribution in [0.15, 0.2) is 20.9 Å². The molecular formula is C6H4N2O4S. The quantitative estimate of drug-likeness (QED) is 0.624. The Morgan fingerprint density at radius 2 is 2.15 bits per heavy atom. The van der Waals surface area contributed by atoms with Crippen molar-refractivity contribution in [3.63, 3.8) is 0 Å². The molecule has 1 aromatic heterocycles. The van der Waals surface area contributed by atoms with Gasteiger partial charge in [0.1, 0.15) is 10.6 Å². The smallest absolute Gasteiger partial charge is 0.308 e. The van der Waals surface area contributed by atoms with Crippen molar-refractivity contribution in [1.82, 2.24) is 3.97 Å². The second-order valence-corrected chi connectivity index (χ2v) is 4.24. The van der Waals surface area contributed by atoms with Crippen molar-refractivity contribution in [3.05, 3.63) is 16.6 Å².